The van der Waals surface area contributed by atoms with E-state index < -0.39 is 5.60 Å². The molecule has 0 saturated carbocycles. The number of anilines is 1. The van der Waals surface area contributed by atoms with Gasteiger partial charge in [-0.1, -0.05) is 17.4 Å². The fourth-order valence-corrected chi connectivity index (χ4v) is 2.38. The molecule has 2 aromatic rings. The summed E-state index contributed by atoms with van der Waals surface area (Å²) < 4.78 is 6.20. The minimum atomic E-state index is -0.853. The molecule has 0 saturated heterocycles. The number of nitrogens with zero attached hydrogens (tertiary/aromatic N) is 1. The highest BCUT2D eigenvalue weighted by Crippen LogP contribution is 2.27. The van der Waals surface area contributed by atoms with Gasteiger partial charge in [0.15, 0.2) is 5.13 Å². The van der Waals surface area contributed by atoms with E-state index in [0.717, 1.165) is 10.2 Å². The summed E-state index contributed by atoms with van der Waals surface area (Å²) in [7, 11) is 1.52. The molecule has 2 rings (SSSR count). The maximum atomic E-state index is 11.9. The Kier molecular flexibility index (Phi) is 3.36. The number of aromatic nitrogens is 1. The van der Waals surface area contributed by atoms with Gasteiger partial charge in [0, 0.05) is 7.11 Å². The summed E-state index contributed by atoms with van der Waals surface area (Å²) >= 11 is 1.47. The van der Waals surface area contributed by atoms with Gasteiger partial charge >= 0.3 is 0 Å². The molecule has 0 unspecified atom stereocenters. The highest BCUT2D eigenvalue weighted by atomic mass is 32.1. The number of nitrogens with one attached hydrogen (secondary N) is 1. The van der Waals surface area contributed by atoms with Crippen molar-refractivity contribution in [2.24, 2.45) is 0 Å². The number of amides is 1. The number of methoxy groups -OCH3 is 1. The lowest BCUT2D eigenvalue weighted by Gasteiger charge is -2.20. The van der Waals surface area contributed by atoms with Crippen molar-refractivity contribution < 1.29 is 9.53 Å². The number of hydrogen-bond donors (Lipinski definition) is 1. The Balaban J connectivity index is 2.25. The largest absolute Gasteiger partial charge is 0.369 e. The number of carbonyl (C=O) groups excluding carboxylic acids is 1. The van der Waals surface area contributed by atoms with Gasteiger partial charge in [-0.3, -0.25) is 10.1 Å². The van der Waals surface area contributed by atoms with Gasteiger partial charge < -0.3 is 4.74 Å². The summed E-state index contributed by atoms with van der Waals surface area (Å²) in [5, 5.41) is 3.39. The van der Waals surface area contributed by atoms with Gasteiger partial charge in [-0.05, 0) is 38.5 Å². The molecule has 1 N–H and O–H groups in total. The number of ether oxygens (including phenoxy) is 1. The van der Waals surface area contributed by atoms with E-state index in [2.05, 4.69) is 16.4 Å². The van der Waals surface area contributed by atoms with Gasteiger partial charge in [0.05, 0.1) is 10.2 Å². The van der Waals surface area contributed by atoms with Crippen molar-refractivity contribution in [2.45, 2.75) is 26.4 Å². The van der Waals surface area contributed by atoms with E-state index in [1.165, 1.54) is 24.0 Å². The van der Waals surface area contributed by atoms with Gasteiger partial charge in [0.2, 0.25) is 0 Å². The number of hydrogen-bond acceptors (Lipinski definition) is 4. The van der Waals surface area contributed by atoms with Crippen molar-refractivity contribution in [1.82, 2.24) is 4.98 Å². The fraction of sp³-hybridized carbons (Fsp3) is 0.385. The third-order valence-corrected chi connectivity index (χ3v) is 3.76. The number of thiazole rings is 1. The molecule has 0 bridgehead atoms. The van der Waals surface area contributed by atoms with Crippen LogP contribution in [-0.4, -0.2) is 23.6 Å². The van der Waals surface area contributed by atoms with E-state index in [0.29, 0.717) is 5.13 Å². The number of carbonyl (C=O) groups is 1. The number of aryl methyl sites for hydroxylation is 1. The quantitative estimate of drug-likeness (QED) is 0.927. The summed E-state index contributed by atoms with van der Waals surface area (Å²) in [6.07, 6.45) is 0. The highest BCUT2D eigenvalue weighted by Gasteiger charge is 2.27. The molecule has 1 heterocycles. The monoisotopic (exact) mass is 264 g/mol. The van der Waals surface area contributed by atoms with E-state index in [4.69, 9.17) is 4.74 Å². The van der Waals surface area contributed by atoms with Crippen LogP contribution >= 0.6 is 11.3 Å². The van der Waals surface area contributed by atoms with Crippen molar-refractivity contribution in [1.29, 1.82) is 0 Å². The zero-order valence-corrected chi connectivity index (χ0v) is 11.7. The number of rotatable bonds is 3. The van der Waals surface area contributed by atoms with Crippen LogP contribution in [-0.2, 0) is 9.53 Å². The van der Waals surface area contributed by atoms with E-state index >= 15 is 0 Å². The van der Waals surface area contributed by atoms with Crippen molar-refractivity contribution >= 4 is 32.6 Å². The van der Waals surface area contributed by atoms with Gasteiger partial charge in [-0.25, -0.2) is 4.98 Å². The van der Waals surface area contributed by atoms with Crippen LogP contribution in [0.4, 0.5) is 5.13 Å². The Labute approximate surface area is 110 Å². The van der Waals surface area contributed by atoms with Crippen LogP contribution in [0.5, 0.6) is 0 Å². The van der Waals surface area contributed by atoms with Crippen molar-refractivity contribution in [2.75, 3.05) is 12.4 Å². The van der Waals surface area contributed by atoms with E-state index in [1.807, 2.05) is 19.1 Å². The molecule has 1 amide bonds. The maximum absolute atomic E-state index is 11.9. The predicted octanol–water partition coefficient (Wildman–Crippen LogP) is 2.97. The molecular formula is C13H16N2O2S. The zero-order chi connectivity index (χ0) is 13.3. The molecule has 1 aromatic heterocycles. The van der Waals surface area contributed by atoms with Gasteiger partial charge in [-0.15, -0.1) is 0 Å². The van der Waals surface area contributed by atoms with Crippen LogP contribution in [0.3, 0.4) is 0 Å². The normalized spacial score (nSPS) is 11.8. The molecule has 0 aliphatic heterocycles. The lowest BCUT2D eigenvalue weighted by Crippen LogP contribution is -2.38. The zero-order valence-electron chi connectivity index (χ0n) is 10.9. The summed E-state index contributed by atoms with van der Waals surface area (Å²) in [4.78, 5) is 16.3. The molecule has 96 valence electrons. The van der Waals surface area contributed by atoms with E-state index in [9.17, 15) is 4.79 Å². The standard InChI is InChI=1S/C13H16N2O2S/c1-8-5-6-9-10(7-8)18-12(14-9)15-11(16)13(2,3)17-4/h5-7H,1-4H3,(H,14,15,16). The highest BCUT2D eigenvalue weighted by molar-refractivity contribution is 7.22. The van der Waals surface area contributed by atoms with Gasteiger partial charge in [-0.2, -0.15) is 0 Å². The summed E-state index contributed by atoms with van der Waals surface area (Å²) in [6, 6.07) is 6.02. The third kappa shape index (κ3) is 2.52. The topological polar surface area (TPSA) is 51.2 Å². The van der Waals surface area contributed by atoms with Crippen LogP contribution in [0.1, 0.15) is 19.4 Å². The lowest BCUT2D eigenvalue weighted by molar-refractivity contribution is -0.133. The minimum absolute atomic E-state index is 0.194. The SMILES string of the molecule is COC(C)(C)C(=O)Nc1nc2ccc(C)cc2s1. The predicted molar refractivity (Wildman–Crippen MR) is 74.1 cm³/mol. The first-order chi connectivity index (χ1) is 8.42. The molecule has 5 heteroatoms. The molecule has 1 aromatic carbocycles. The first-order valence-electron chi connectivity index (χ1n) is 5.66. The third-order valence-electron chi connectivity index (χ3n) is 2.82. The molecule has 0 spiro atoms. The molecule has 4 nitrogen and oxygen atoms in total. The van der Waals surface area contributed by atoms with Gasteiger partial charge in [0.1, 0.15) is 5.60 Å². The Morgan fingerprint density at radius 2 is 2.17 bits per heavy atom. The molecule has 0 aliphatic carbocycles. The van der Waals surface area contributed by atoms with E-state index in [1.54, 1.807) is 13.8 Å². The van der Waals surface area contributed by atoms with Crippen LogP contribution in [0.2, 0.25) is 0 Å². The fourth-order valence-electron chi connectivity index (χ4n) is 1.43. The average molecular weight is 264 g/mol. The molecular weight excluding hydrogens is 248 g/mol. The Morgan fingerprint density at radius 3 is 2.83 bits per heavy atom. The number of fused-ring (bicyclic) bond motifs is 1. The first kappa shape index (κ1) is 13.0. The second-order valence-electron chi connectivity index (χ2n) is 4.66. The van der Waals surface area contributed by atoms with Crippen molar-refractivity contribution in [3.63, 3.8) is 0 Å². The Morgan fingerprint density at radius 1 is 1.44 bits per heavy atom. The van der Waals surface area contributed by atoms with Crippen LogP contribution < -0.4 is 5.32 Å². The molecule has 0 atom stereocenters. The molecule has 18 heavy (non-hydrogen) atoms. The second kappa shape index (κ2) is 4.66. The van der Waals surface area contributed by atoms with Crippen molar-refractivity contribution in [3.8, 4) is 0 Å². The molecule has 0 aliphatic rings. The lowest BCUT2D eigenvalue weighted by atomic mass is 10.1. The van der Waals surface area contributed by atoms with Gasteiger partial charge in [0.25, 0.3) is 5.91 Å². The number of benzene rings is 1. The first-order valence-corrected chi connectivity index (χ1v) is 6.48. The molecule has 0 radical (unpaired) electrons. The van der Waals surface area contributed by atoms with Crippen LogP contribution in [0.25, 0.3) is 10.2 Å². The summed E-state index contributed by atoms with van der Waals surface area (Å²) in [5.74, 6) is -0.194. The molecule has 0 fully saturated rings. The Bertz CT molecular complexity index is 590. The van der Waals surface area contributed by atoms with E-state index in [-0.39, 0.29) is 5.91 Å². The van der Waals surface area contributed by atoms with Crippen LogP contribution in [0, 0.1) is 6.92 Å². The summed E-state index contributed by atoms with van der Waals surface area (Å²) in [5.41, 5.74) is 1.23. The smallest absolute Gasteiger partial charge is 0.257 e. The average Bonchev–Trinajstić information content (AvgIpc) is 2.70. The van der Waals surface area contributed by atoms with Crippen LogP contribution in [0.15, 0.2) is 18.2 Å². The minimum Gasteiger partial charge on any atom is -0.369 e. The maximum Gasteiger partial charge on any atom is 0.257 e. The summed E-state index contributed by atoms with van der Waals surface area (Å²) in [6.45, 7) is 5.48. The second-order valence-corrected chi connectivity index (χ2v) is 5.69. The van der Waals surface area contributed by atoms with Crippen molar-refractivity contribution in [3.05, 3.63) is 23.8 Å². The Hall–Kier alpha value is -1.46.